The van der Waals surface area contributed by atoms with Crippen molar-refractivity contribution in [3.63, 3.8) is 0 Å². The molecule has 9 heteroatoms. The number of amides is 1. The smallest absolute Gasteiger partial charge is 0.338 e. The van der Waals surface area contributed by atoms with Gasteiger partial charge in [-0.3, -0.25) is 14.9 Å². The van der Waals surface area contributed by atoms with E-state index >= 15 is 0 Å². The molecule has 0 atom stereocenters. The lowest BCUT2D eigenvalue weighted by Gasteiger charge is -2.13. The second kappa shape index (κ2) is 8.96. The predicted octanol–water partition coefficient (Wildman–Crippen LogP) is 3.10. The molecule has 152 valence electrons. The molecule has 0 aliphatic heterocycles. The van der Waals surface area contributed by atoms with Crippen molar-refractivity contribution in [2.45, 2.75) is 20.8 Å². The molecule has 0 aromatic heterocycles. The number of rotatable bonds is 6. The summed E-state index contributed by atoms with van der Waals surface area (Å²) < 4.78 is 9.47. The van der Waals surface area contributed by atoms with Crippen LogP contribution < -0.4 is 5.32 Å². The SMILES string of the molecule is COC(=O)c1cc(C(=O)OCC(=O)Nc2c(C)cc(C)cc2C)cc([N+](=O)[O-])c1. The van der Waals surface area contributed by atoms with Crippen molar-refractivity contribution in [2.24, 2.45) is 0 Å². The Balaban J connectivity index is 2.12. The Morgan fingerprint density at radius 1 is 0.966 bits per heavy atom. The Morgan fingerprint density at radius 2 is 1.52 bits per heavy atom. The largest absolute Gasteiger partial charge is 0.465 e. The quantitative estimate of drug-likeness (QED) is 0.449. The number of aryl methyl sites for hydroxylation is 3. The molecular formula is C20H20N2O7. The number of hydrogen-bond donors (Lipinski definition) is 1. The standard InChI is InChI=1S/C20H20N2O7/c1-11-5-12(2)18(13(3)6-11)21-17(23)10-29-20(25)15-7-14(19(24)28-4)8-16(9-15)22(26)27/h5-9H,10H2,1-4H3,(H,21,23). The number of nitrogens with one attached hydrogen (secondary N) is 1. The minimum absolute atomic E-state index is 0.177. The first-order valence-corrected chi connectivity index (χ1v) is 8.55. The zero-order valence-electron chi connectivity index (χ0n) is 16.4. The van der Waals surface area contributed by atoms with Gasteiger partial charge in [0.25, 0.3) is 11.6 Å². The summed E-state index contributed by atoms with van der Waals surface area (Å²) in [5, 5.41) is 13.7. The Bertz CT molecular complexity index is 975. The molecule has 1 N–H and O–H groups in total. The number of nitro groups is 1. The number of methoxy groups -OCH3 is 1. The fourth-order valence-electron chi connectivity index (χ4n) is 2.84. The molecule has 0 saturated heterocycles. The zero-order valence-corrected chi connectivity index (χ0v) is 16.4. The monoisotopic (exact) mass is 400 g/mol. The molecule has 0 radical (unpaired) electrons. The van der Waals surface area contributed by atoms with E-state index in [1.807, 2.05) is 32.9 Å². The predicted molar refractivity (Wildman–Crippen MR) is 104 cm³/mol. The third kappa shape index (κ3) is 5.38. The Kier molecular flexibility index (Phi) is 6.66. The topological polar surface area (TPSA) is 125 Å². The molecule has 0 saturated carbocycles. The van der Waals surface area contributed by atoms with Gasteiger partial charge in [0.2, 0.25) is 0 Å². The zero-order chi connectivity index (χ0) is 21.7. The van der Waals surface area contributed by atoms with Crippen LogP contribution in [-0.4, -0.2) is 36.5 Å². The van der Waals surface area contributed by atoms with Crippen molar-refractivity contribution >= 4 is 29.2 Å². The molecule has 0 heterocycles. The van der Waals surface area contributed by atoms with Crippen LogP contribution >= 0.6 is 0 Å². The van der Waals surface area contributed by atoms with E-state index in [1.165, 1.54) is 0 Å². The maximum Gasteiger partial charge on any atom is 0.338 e. The minimum Gasteiger partial charge on any atom is -0.465 e. The highest BCUT2D eigenvalue weighted by Gasteiger charge is 2.20. The number of anilines is 1. The van der Waals surface area contributed by atoms with Crippen LogP contribution in [0, 0.1) is 30.9 Å². The summed E-state index contributed by atoms with van der Waals surface area (Å²) in [5.41, 5.74) is 2.51. The van der Waals surface area contributed by atoms with Crippen LogP contribution in [0.3, 0.4) is 0 Å². The van der Waals surface area contributed by atoms with Crippen molar-refractivity contribution in [3.8, 4) is 0 Å². The van der Waals surface area contributed by atoms with Crippen LogP contribution in [0.25, 0.3) is 0 Å². The average Bonchev–Trinajstić information content (AvgIpc) is 2.67. The minimum atomic E-state index is -0.980. The number of nitrogens with zero attached hydrogens (tertiary/aromatic N) is 1. The molecule has 2 aromatic rings. The van der Waals surface area contributed by atoms with Gasteiger partial charge >= 0.3 is 11.9 Å². The van der Waals surface area contributed by atoms with Crippen molar-refractivity contribution in [1.82, 2.24) is 0 Å². The fraction of sp³-hybridized carbons (Fsp3) is 0.250. The van der Waals surface area contributed by atoms with Gasteiger partial charge in [-0.05, 0) is 38.0 Å². The molecule has 0 unspecified atom stereocenters. The van der Waals surface area contributed by atoms with Crippen molar-refractivity contribution in [2.75, 3.05) is 19.0 Å². The van der Waals surface area contributed by atoms with Crippen molar-refractivity contribution in [3.05, 3.63) is 68.3 Å². The summed E-state index contributed by atoms with van der Waals surface area (Å²) in [4.78, 5) is 46.3. The van der Waals surface area contributed by atoms with Crippen molar-refractivity contribution in [1.29, 1.82) is 0 Å². The van der Waals surface area contributed by atoms with Gasteiger partial charge in [0.05, 0.1) is 23.2 Å². The maximum absolute atomic E-state index is 12.2. The molecule has 0 fully saturated rings. The Morgan fingerprint density at radius 3 is 2.03 bits per heavy atom. The van der Waals surface area contributed by atoms with Crippen LogP contribution in [0.4, 0.5) is 11.4 Å². The van der Waals surface area contributed by atoms with Gasteiger partial charge < -0.3 is 14.8 Å². The first kappa shape index (κ1) is 21.5. The van der Waals surface area contributed by atoms with Crippen LogP contribution in [0.15, 0.2) is 30.3 Å². The van der Waals surface area contributed by atoms with Gasteiger partial charge in [0.1, 0.15) is 0 Å². The number of carbonyl (C=O) groups is 3. The normalized spacial score (nSPS) is 10.2. The second-order valence-corrected chi connectivity index (χ2v) is 6.42. The van der Waals surface area contributed by atoms with Crippen LogP contribution in [0.5, 0.6) is 0 Å². The summed E-state index contributed by atoms with van der Waals surface area (Å²) in [5.74, 6) is -2.39. The van der Waals surface area contributed by atoms with Gasteiger partial charge in [0.15, 0.2) is 6.61 Å². The van der Waals surface area contributed by atoms with E-state index in [4.69, 9.17) is 4.74 Å². The average molecular weight is 400 g/mol. The van der Waals surface area contributed by atoms with Gasteiger partial charge in [-0.25, -0.2) is 9.59 Å². The molecule has 29 heavy (non-hydrogen) atoms. The molecule has 9 nitrogen and oxygen atoms in total. The third-order valence-electron chi connectivity index (χ3n) is 4.06. The summed E-state index contributed by atoms with van der Waals surface area (Å²) in [6.07, 6.45) is 0. The number of hydrogen-bond acceptors (Lipinski definition) is 7. The lowest BCUT2D eigenvalue weighted by Crippen LogP contribution is -2.22. The van der Waals surface area contributed by atoms with E-state index in [1.54, 1.807) is 0 Å². The molecule has 2 rings (SSSR count). The number of ether oxygens (including phenoxy) is 2. The fourth-order valence-corrected chi connectivity index (χ4v) is 2.84. The molecule has 0 spiro atoms. The second-order valence-electron chi connectivity index (χ2n) is 6.42. The summed E-state index contributed by atoms with van der Waals surface area (Å²) in [6.45, 7) is 5.04. The van der Waals surface area contributed by atoms with Crippen LogP contribution in [0.2, 0.25) is 0 Å². The molecule has 2 aromatic carbocycles. The van der Waals surface area contributed by atoms with Crippen LogP contribution in [0.1, 0.15) is 37.4 Å². The molecule has 0 aliphatic rings. The number of non-ortho nitro benzene ring substituents is 1. The number of nitro benzene ring substituents is 1. The Labute approximate surface area is 166 Å². The highest BCUT2D eigenvalue weighted by molar-refractivity contribution is 5.98. The van der Waals surface area contributed by atoms with E-state index in [0.717, 1.165) is 42.0 Å². The highest BCUT2D eigenvalue weighted by Crippen LogP contribution is 2.22. The number of benzene rings is 2. The van der Waals surface area contributed by atoms with E-state index in [0.29, 0.717) is 5.69 Å². The summed E-state index contributed by atoms with van der Waals surface area (Å²) in [7, 11) is 1.11. The van der Waals surface area contributed by atoms with E-state index in [2.05, 4.69) is 10.1 Å². The first-order chi connectivity index (χ1) is 13.6. The van der Waals surface area contributed by atoms with Gasteiger partial charge in [-0.1, -0.05) is 17.7 Å². The molecule has 0 aliphatic carbocycles. The van der Waals surface area contributed by atoms with Crippen LogP contribution in [-0.2, 0) is 14.3 Å². The van der Waals surface area contributed by atoms with Gasteiger partial charge in [-0.2, -0.15) is 0 Å². The van der Waals surface area contributed by atoms with E-state index in [-0.39, 0.29) is 11.1 Å². The van der Waals surface area contributed by atoms with E-state index in [9.17, 15) is 24.5 Å². The number of carbonyl (C=O) groups excluding carboxylic acids is 3. The van der Waals surface area contributed by atoms with Gasteiger partial charge in [0, 0.05) is 17.8 Å². The van der Waals surface area contributed by atoms with Crippen molar-refractivity contribution < 1.29 is 28.8 Å². The van der Waals surface area contributed by atoms with E-state index < -0.39 is 35.1 Å². The molecule has 1 amide bonds. The lowest BCUT2D eigenvalue weighted by molar-refractivity contribution is -0.384. The number of esters is 2. The van der Waals surface area contributed by atoms with Gasteiger partial charge in [-0.15, -0.1) is 0 Å². The first-order valence-electron chi connectivity index (χ1n) is 8.55. The summed E-state index contributed by atoms with van der Waals surface area (Å²) >= 11 is 0. The summed E-state index contributed by atoms with van der Waals surface area (Å²) in [6, 6.07) is 6.87. The lowest BCUT2D eigenvalue weighted by atomic mass is 10.1. The maximum atomic E-state index is 12.2. The Hall–Kier alpha value is -3.75. The highest BCUT2D eigenvalue weighted by atomic mass is 16.6. The molecule has 0 bridgehead atoms. The molecular weight excluding hydrogens is 380 g/mol. The third-order valence-corrected chi connectivity index (χ3v) is 4.06.